The van der Waals surface area contributed by atoms with Crippen LogP contribution in [0.5, 0.6) is 0 Å². The van der Waals surface area contributed by atoms with Crippen molar-refractivity contribution in [2.45, 2.75) is 110 Å². The first kappa shape index (κ1) is 24.3. The average molecular weight is 459 g/mol. The summed E-state index contributed by atoms with van der Waals surface area (Å²) in [4.78, 5) is 0. The fourth-order valence-electron chi connectivity index (χ4n) is 7.14. The lowest BCUT2D eigenvalue weighted by molar-refractivity contribution is 0.120. The van der Waals surface area contributed by atoms with E-state index in [1.54, 1.807) is 6.92 Å². The second kappa shape index (κ2) is 11.5. The summed E-state index contributed by atoms with van der Waals surface area (Å²) in [5.41, 5.74) is 2.81. The summed E-state index contributed by atoms with van der Waals surface area (Å²) in [6.07, 6.45) is 23.4. The first-order chi connectivity index (χ1) is 15.6. The molecule has 0 bridgehead atoms. The van der Waals surface area contributed by atoms with Gasteiger partial charge in [0.1, 0.15) is 5.82 Å². The zero-order valence-electron chi connectivity index (χ0n) is 20.5. The van der Waals surface area contributed by atoms with Crippen LogP contribution < -0.4 is 0 Å². The molecule has 1 aromatic rings. The predicted molar refractivity (Wildman–Crippen MR) is 137 cm³/mol. The molecule has 2 heteroatoms. The van der Waals surface area contributed by atoms with Gasteiger partial charge in [-0.25, -0.2) is 4.39 Å². The Morgan fingerprint density at radius 2 is 1.47 bits per heavy atom. The van der Waals surface area contributed by atoms with Crippen LogP contribution in [0.4, 0.5) is 4.39 Å². The summed E-state index contributed by atoms with van der Waals surface area (Å²) in [6.45, 7) is 4.10. The van der Waals surface area contributed by atoms with Crippen LogP contribution in [0.3, 0.4) is 0 Å². The third kappa shape index (κ3) is 5.81. The predicted octanol–water partition coefficient (Wildman–Crippen LogP) is 10.2. The molecule has 0 aliphatic heterocycles. The van der Waals surface area contributed by atoms with E-state index in [9.17, 15) is 4.39 Å². The molecule has 0 nitrogen and oxygen atoms in total. The minimum absolute atomic E-state index is 0.250. The average Bonchev–Trinajstić information content (AvgIpc) is 2.84. The van der Waals surface area contributed by atoms with Crippen molar-refractivity contribution in [1.29, 1.82) is 0 Å². The Hall–Kier alpha value is -0.820. The van der Waals surface area contributed by atoms with Crippen molar-refractivity contribution in [2.75, 3.05) is 0 Å². The molecule has 0 radical (unpaired) electrons. The van der Waals surface area contributed by atoms with E-state index in [2.05, 4.69) is 13.0 Å². The van der Waals surface area contributed by atoms with E-state index in [1.807, 2.05) is 12.1 Å². The lowest BCUT2D eigenvalue weighted by Crippen LogP contribution is -2.28. The van der Waals surface area contributed by atoms with Crippen LogP contribution in [-0.4, -0.2) is 0 Å². The minimum Gasteiger partial charge on any atom is -0.205 e. The highest BCUT2D eigenvalue weighted by Gasteiger charge is 2.33. The Morgan fingerprint density at radius 3 is 2.06 bits per heavy atom. The summed E-state index contributed by atoms with van der Waals surface area (Å²) in [6, 6.07) is 3.88. The minimum atomic E-state index is -0.250. The summed E-state index contributed by atoms with van der Waals surface area (Å²) >= 11 is 6.33. The third-order valence-electron chi connectivity index (χ3n) is 9.33. The zero-order chi connectivity index (χ0) is 22.5. The maximum Gasteiger partial charge on any atom is 0.145 e. The van der Waals surface area contributed by atoms with Crippen LogP contribution in [0.2, 0.25) is 5.02 Å². The maximum atomic E-state index is 14.2. The second-order valence-corrected chi connectivity index (χ2v) is 11.7. The van der Waals surface area contributed by atoms with Crippen molar-refractivity contribution in [2.24, 2.45) is 29.6 Å². The molecule has 2 saturated carbocycles. The van der Waals surface area contributed by atoms with Crippen LogP contribution in [0.15, 0.2) is 18.2 Å². The molecule has 32 heavy (non-hydrogen) atoms. The van der Waals surface area contributed by atoms with Crippen molar-refractivity contribution in [3.63, 3.8) is 0 Å². The lowest BCUT2D eigenvalue weighted by atomic mass is 9.65. The van der Waals surface area contributed by atoms with Gasteiger partial charge in [-0.2, -0.15) is 0 Å². The van der Waals surface area contributed by atoms with Gasteiger partial charge >= 0.3 is 0 Å². The molecule has 0 saturated heterocycles. The van der Waals surface area contributed by atoms with E-state index in [0.29, 0.717) is 10.6 Å². The lowest BCUT2D eigenvalue weighted by Gasteiger charge is -2.40. The monoisotopic (exact) mass is 458 g/mol. The van der Waals surface area contributed by atoms with Crippen LogP contribution in [0, 0.1) is 42.3 Å². The highest BCUT2D eigenvalue weighted by molar-refractivity contribution is 6.32. The van der Waals surface area contributed by atoms with E-state index in [-0.39, 0.29) is 5.82 Å². The SMILES string of the molecule is CCCCCC1CCC(C2CCC(C3CC=C(c4ccc(C)c(F)c4Cl)CC3)CC2)CC1. The molecule has 0 aromatic heterocycles. The van der Waals surface area contributed by atoms with Gasteiger partial charge in [-0.15, -0.1) is 0 Å². The van der Waals surface area contributed by atoms with Gasteiger partial charge in [0.2, 0.25) is 0 Å². The highest BCUT2D eigenvalue weighted by atomic mass is 35.5. The molecule has 1 atom stereocenters. The Morgan fingerprint density at radius 1 is 0.844 bits per heavy atom. The van der Waals surface area contributed by atoms with Crippen molar-refractivity contribution < 1.29 is 4.39 Å². The second-order valence-electron chi connectivity index (χ2n) is 11.3. The Bertz CT molecular complexity index is 765. The van der Waals surface area contributed by atoms with Crippen molar-refractivity contribution in [3.05, 3.63) is 40.2 Å². The number of halogens is 2. The van der Waals surface area contributed by atoms with Crippen LogP contribution in [-0.2, 0) is 0 Å². The molecular weight excluding hydrogens is 415 g/mol. The third-order valence-corrected chi connectivity index (χ3v) is 9.70. The largest absolute Gasteiger partial charge is 0.205 e. The van der Waals surface area contributed by atoms with Gasteiger partial charge in [0, 0.05) is 0 Å². The topological polar surface area (TPSA) is 0 Å². The quantitative estimate of drug-likeness (QED) is 0.356. The molecular formula is C30H44ClF. The van der Waals surface area contributed by atoms with E-state index in [1.165, 1.54) is 89.0 Å². The molecule has 0 spiro atoms. The molecule has 0 heterocycles. The zero-order valence-corrected chi connectivity index (χ0v) is 21.2. The van der Waals surface area contributed by atoms with Crippen LogP contribution >= 0.6 is 11.6 Å². The van der Waals surface area contributed by atoms with E-state index < -0.39 is 0 Å². The molecule has 3 aliphatic carbocycles. The fourth-order valence-corrected chi connectivity index (χ4v) is 7.47. The number of benzene rings is 1. The molecule has 2 fully saturated rings. The molecule has 0 N–H and O–H groups in total. The van der Waals surface area contributed by atoms with Gasteiger partial charge in [-0.3, -0.25) is 0 Å². The number of hydrogen-bond donors (Lipinski definition) is 0. The number of allylic oxidation sites excluding steroid dienone is 2. The Balaban J connectivity index is 1.22. The fraction of sp³-hybridized carbons (Fsp3) is 0.733. The van der Waals surface area contributed by atoms with Gasteiger partial charge in [0.05, 0.1) is 5.02 Å². The highest BCUT2D eigenvalue weighted by Crippen LogP contribution is 2.46. The van der Waals surface area contributed by atoms with Crippen molar-refractivity contribution >= 4 is 17.2 Å². The normalized spacial score (nSPS) is 31.4. The van der Waals surface area contributed by atoms with Crippen LogP contribution in [0.1, 0.15) is 114 Å². The van der Waals surface area contributed by atoms with E-state index in [0.717, 1.165) is 48.0 Å². The van der Waals surface area contributed by atoms with E-state index >= 15 is 0 Å². The molecule has 4 rings (SSSR count). The summed E-state index contributed by atoms with van der Waals surface area (Å²) < 4.78 is 14.2. The molecule has 0 amide bonds. The number of unbranched alkanes of at least 4 members (excludes halogenated alkanes) is 2. The van der Waals surface area contributed by atoms with Gasteiger partial charge in [-0.05, 0) is 111 Å². The molecule has 178 valence electrons. The summed E-state index contributed by atoms with van der Waals surface area (Å²) in [5, 5.41) is 0.315. The van der Waals surface area contributed by atoms with Gasteiger partial charge < -0.3 is 0 Å². The maximum absolute atomic E-state index is 14.2. The molecule has 1 aromatic carbocycles. The van der Waals surface area contributed by atoms with Crippen molar-refractivity contribution in [1.82, 2.24) is 0 Å². The van der Waals surface area contributed by atoms with Crippen LogP contribution in [0.25, 0.3) is 5.57 Å². The Kier molecular flexibility index (Phi) is 8.77. The van der Waals surface area contributed by atoms with E-state index in [4.69, 9.17) is 11.6 Å². The standard InChI is InChI=1S/C30H44ClF/c1-3-4-5-6-22-8-10-23(11-9-22)24-12-14-25(15-13-24)26-16-18-27(19-17-26)28-20-7-21(2)30(32)29(28)31/h7,18,20,22-26H,3-6,8-17,19H2,1-2H3. The number of aryl methyl sites for hydroxylation is 1. The number of hydrogen-bond acceptors (Lipinski definition) is 0. The van der Waals surface area contributed by atoms with Gasteiger partial charge in [0.25, 0.3) is 0 Å². The first-order valence-corrected chi connectivity index (χ1v) is 14.1. The Labute approximate surface area is 201 Å². The van der Waals surface area contributed by atoms with Gasteiger partial charge in [-0.1, -0.05) is 75.3 Å². The van der Waals surface area contributed by atoms with Gasteiger partial charge in [0.15, 0.2) is 0 Å². The number of rotatable bonds is 7. The summed E-state index contributed by atoms with van der Waals surface area (Å²) in [5.74, 6) is 4.54. The smallest absolute Gasteiger partial charge is 0.145 e. The molecule has 1 unspecified atom stereocenters. The van der Waals surface area contributed by atoms with Crippen molar-refractivity contribution in [3.8, 4) is 0 Å². The summed E-state index contributed by atoms with van der Waals surface area (Å²) in [7, 11) is 0. The molecule has 3 aliphatic rings. The first-order valence-electron chi connectivity index (χ1n) is 13.7.